The molecule has 0 unspecified atom stereocenters. The summed E-state index contributed by atoms with van der Waals surface area (Å²) in [6, 6.07) is 12.8. The molecule has 1 nitrogen and oxygen atoms in total. The molecule has 0 bridgehead atoms. The molecule has 0 saturated heterocycles. The second-order valence-corrected chi connectivity index (χ2v) is 4.50. The third-order valence-corrected chi connectivity index (χ3v) is 3.18. The van der Waals surface area contributed by atoms with Gasteiger partial charge in [-0.1, -0.05) is 29.8 Å². The monoisotopic (exact) mass is 226 g/mol. The minimum atomic E-state index is 0.942. The lowest BCUT2D eigenvalue weighted by molar-refractivity contribution is 0.416. The van der Waals surface area contributed by atoms with E-state index in [0.29, 0.717) is 0 Å². The summed E-state index contributed by atoms with van der Waals surface area (Å²) in [4.78, 5) is 0. The van der Waals surface area contributed by atoms with E-state index in [1.54, 1.807) is 7.11 Å². The molecule has 0 aliphatic rings. The van der Waals surface area contributed by atoms with E-state index in [0.717, 1.165) is 11.3 Å². The number of hydrogen-bond donors (Lipinski definition) is 0. The van der Waals surface area contributed by atoms with Gasteiger partial charge in [-0.05, 0) is 49.6 Å². The molecule has 0 atom stereocenters. The molecular weight excluding hydrogens is 208 g/mol. The molecule has 17 heavy (non-hydrogen) atoms. The van der Waals surface area contributed by atoms with Gasteiger partial charge >= 0.3 is 0 Å². The van der Waals surface area contributed by atoms with E-state index in [2.05, 4.69) is 57.2 Å². The van der Waals surface area contributed by atoms with Gasteiger partial charge in [-0.2, -0.15) is 0 Å². The zero-order valence-electron chi connectivity index (χ0n) is 10.9. The molecular formula is C16H18O. The van der Waals surface area contributed by atoms with Crippen molar-refractivity contribution in [1.29, 1.82) is 0 Å². The van der Waals surface area contributed by atoms with Crippen molar-refractivity contribution in [2.24, 2.45) is 0 Å². The first kappa shape index (κ1) is 11.7. The van der Waals surface area contributed by atoms with Gasteiger partial charge < -0.3 is 4.74 Å². The van der Waals surface area contributed by atoms with Crippen molar-refractivity contribution in [3.8, 4) is 16.9 Å². The van der Waals surface area contributed by atoms with Gasteiger partial charge in [-0.3, -0.25) is 0 Å². The molecule has 0 heterocycles. The van der Waals surface area contributed by atoms with Crippen LogP contribution >= 0.6 is 0 Å². The minimum absolute atomic E-state index is 0.942. The highest BCUT2D eigenvalue weighted by molar-refractivity contribution is 5.72. The quantitative estimate of drug-likeness (QED) is 0.742. The van der Waals surface area contributed by atoms with Gasteiger partial charge in [-0.25, -0.2) is 0 Å². The Kier molecular flexibility index (Phi) is 3.19. The summed E-state index contributed by atoms with van der Waals surface area (Å²) in [5, 5.41) is 0. The minimum Gasteiger partial charge on any atom is -0.496 e. The first-order valence-electron chi connectivity index (χ1n) is 5.84. The molecule has 2 aromatic carbocycles. The van der Waals surface area contributed by atoms with Crippen molar-refractivity contribution >= 4 is 0 Å². The summed E-state index contributed by atoms with van der Waals surface area (Å²) in [5.74, 6) is 0.942. The second kappa shape index (κ2) is 4.62. The van der Waals surface area contributed by atoms with E-state index >= 15 is 0 Å². The molecule has 0 saturated carbocycles. The van der Waals surface area contributed by atoms with Crippen LogP contribution in [-0.2, 0) is 0 Å². The van der Waals surface area contributed by atoms with Crippen LogP contribution in [-0.4, -0.2) is 7.11 Å². The Balaban J connectivity index is 2.57. The number of hydrogen-bond acceptors (Lipinski definition) is 1. The average molecular weight is 226 g/mol. The van der Waals surface area contributed by atoms with Gasteiger partial charge in [0.05, 0.1) is 7.11 Å². The Morgan fingerprint density at radius 3 is 2.00 bits per heavy atom. The Morgan fingerprint density at radius 1 is 0.824 bits per heavy atom. The van der Waals surface area contributed by atoms with Crippen LogP contribution in [0.15, 0.2) is 36.4 Å². The van der Waals surface area contributed by atoms with Crippen LogP contribution in [0.2, 0.25) is 0 Å². The van der Waals surface area contributed by atoms with E-state index in [1.165, 1.54) is 22.3 Å². The Hall–Kier alpha value is -1.76. The largest absolute Gasteiger partial charge is 0.496 e. The predicted molar refractivity (Wildman–Crippen MR) is 72.6 cm³/mol. The van der Waals surface area contributed by atoms with E-state index < -0.39 is 0 Å². The van der Waals surface area contributed by atoms with Gasteiger partial charge in [0.1, 0.15) is 5.75 Å². The fourth-order valence-corrected chi connectivity index (χ4v) is 1.92. The molecule has 0 aliphatic carbocycles. The molecule has 0 amide bonds. The van der Waals surface area contributed by atoms with Crippen molar-refractivity contribution in [1.82, 2.24) is 0 Å². The van der Waals surface area contributed by atoms with Crippen molar-refractivity contribution in [2.75, 3.05) is 7.11 Å². The lowest BCUT2D eigenvalue weighted by Crippen LogP contribution is -1.91. The number of benzene rings is 2. The van der Waals surface area contributed by atoms with E-state index in [1.807, 2.05) is 0 Å². The van der Waals surface area contributed by atoms with Gasteiger partial charge in [0.25, 0.3) is 0 Å². The van der Waals surface area contributed by atoms with Crippen molar-refractivity contribution in [3.05, 3.63) is 53.1 Å². The maximum absolute atomic E-state index is 5.47. The number of ether oxygens (including phenoxy) is 1. The lowest BCUT2D eigenvalue weighted by atomic mass is 9.98. The highest BCUT2D eigenvalue weighted by Crippen LogP contribution is 2.32. The summed E-state index contributed by atoms with van der Waals surface area (Å²) < 4.78 is 5.47. The van der Waals surface area contributed by atoms with Crippen molar-refractivity contribution in [2.45, 2.75) is 20.8 Å². The summed E-state index contributed by atoms with van der Waals surface area (Å²) in [5.41, 5.74) is 6.20. The van der Waals surface area contributed by atoms with Crippen molar-refractivity contribution < 1.29 is 4.74 Å². The molecule has 0 N–H and O–H groups in total. The summed E-state index contributed by atoms with van der Waals surface area (Å²) in [6.45, 7) is 6.34. The fraction of sp³-hybridized carbons (Fsp3) is 0.250. The highest BCUT2D eigenvalue weighted by atomic mass is 16.5. The number of aryl methyl sites for hydroxylation is 3. The summed E-state index contributed by atoms with van der Waals surface area (Å²) >= 11 is 0. The molecule has 1 heteroatoms. The molecule has 0 spiro atoms. The zero-order valence-corrected chi connectivity index (χ0v) is 10.9. The molecule has 2 rings (SSSR count). The van der Waals surface area contributed by atoms with Crippen LogP contribution in [0, 0.1) is 20.8 Å². The average Bonchev–Trinajstić information content (AvgIpc) is 2.33. The number of rotatable bonds is 2. The van der Waals surface area contributed by atoms with Crippen LogP contribution in [0.5, 0.6) is 5.75 Å². The van der Waals surface area contributed by atoms with Gasteiger partial charge in [0.15, 0.2) is 0 Å². The second-order valence-electron chi connectivity index (χ2n) is 4.50. The third-order valence-electron chi connectivity index (χ3n) is 3.18. The third kappa shape index (κ3) is 2.33. The van der Waals surface area contributed by atoms with Crippen LogP contribution < -0.4 is 4.74 Å². The molecule has 0 fully saturated rings. The maximum Gasteiger partial charge on any atom is 0.126 e. The highest BCUT2D eigenvalue weighted by Gasteiger charge is 2.07. The van der Waals surface area contributed by atoms with Gasteiger partial charge in [0.2, 0.25) is 0 Å². The summed E-state index contributed by atoms with van der Waals surface area (Å²) in [7, 11) is 1.72. The van der Waals surface area contributed by atoms with E-state index in [9.17, 15) is 0 Å². The van der Waals surface area contributed by atoms with E-state index in [-0.39, 0.29) is 0 Å². The van der Waals surface area contributed by atoms with Crippen LogP contribution in [0.1, 0.15) is 16.7 Å². The smallest absolute Gasteiger partial charge is 0.126 e. The SMILES string of the molecule is COc1cc(C)c(C)cc1-c1ccc(C)cc1. The van der Waals surface area contributed by atoms with Gasteiger partial charge in [-0.15, -0.1) is 0 Å². The Labute approximate surface area is 103 Å². The first-order chi connectivity index (χ1) is 8.11. The van der Waals surface area contributed by atoms with E-state index in [4.69, 9.17) is 4.74 Å². The van der Waals surface area contributed by atoms with Crippen LogP contribution in [0.4, 0.5) is 0 Å². The molecule has 2 aromatic rings. The Morgan fingerprint density at radius 2 is 1.41 bits per heavy atom. The lowest BCUT2D eigenvalue weighted by Gasteiger charge is -2.12. The zero-order chi connectivity index (χ0) is 12.4. The van der Waals surface area contributed by atoms with Crippen molar-refractivity contribution in [3.63, 3.8) is 0 Å². The fourth-order valence-electron chi connectivity index (χ4n) is 1.92. The van der Waals surface area contributed by atoms with Crippen LogP contribution in [0.3, 0.4) is 0 Å². The predicted octanol–water partition coefficient (Wildman–Crippen LogP) is 4.29. The molecule has 0 aliphatic heterocycles. The molecule has 0 aromatic heterocycles. The summed E-state index contributed by atoms with van der Waals surface area (Å²) in [6.07, 6.45) is 0. The maximum atomic E-state index is 5.47. The standard InChI is InChI=1S/C16H18O/c1-11-5-7-14(8-6-11)15-9-12(2)13(3)10-16(15)17-4/h5-10H,1-4H3. The molecule has 0 radical (unpaired) electrons. The topological polar surface area (TPSA) is 9.23 Å². The normalized spacial score (nSPS) is 10.4. The Bertz CT molecular complexity index is 524. The molecule has 88 valence electrons. The van der Waals surface area contributed by atoms with Crippen LogP contribution in [0.25, 0.3) is 11.1 Å². The number of methoxy groups -OCH3 is 1. The first-order valence-corrected chi connectivity index (χ1v) is 5.84. The van der Waals surface area contributed by atoms with Gasteiger partial charge in [0, 0.05) is 5.56 Å².